The Morgan fingerprint density at radius 2 is 1.94 bits per heavy atom. The van der Waals surface area contributed by atoms with Gasteiger partial charge in [-0.05, 0) is 42.1 Å². The Balaban J connectivity index is 1.03. The number of benzene rings is 2. The number of hydrogen-bond acceptors (Lipinski definition) is 6. The largest absolute Gasteiger partial charge is 0.384 e. The second-order valence-electron chi connectivity index (χ2n) is 8.65. The first kappa shape index (κ1) is 23.8. The van der Waals surface area contributed by atoms with Crippen molar-refractivity contribution in [1.82, 2.24) is 40.2 Å². The number of anilines is 1. The van der Waals surface area contributed by atoms with Gasteiger partial charge in [0.2, 0.25) is 5.91 Å². The van der Waals surface area contributed by atoms with Crippen LogP contribution in [0.2, 0.25) is 5.02 Å². The summed E-state index contributed by atoms with van der Waals surface area (Å²) in [5, 5.41) is 27.6. The van der Waals surface area contributed by atoms with E-state index >= 15 is 0 Å². The minimum absolute atomic E-state index is 0.0400. The highest BCUT2D eigenvalue weighted by atomic mass is 35.5. The number of nitrogens with zero attached hydrogens (tertiary/aromatic N) is 5. The number of aromatic nitrogens is 6. The molecule has 186 valence electrons. The van der Waals surface area contributed by atoms with Crippen LogP contribution in [-0.2, 0) is 18.4 Å². The molecular weight excluding hydrogens is 478 g/mol. The Labute approximate surface area is 213 Å². The molecule has 0 bridgehead atoms. The van der Waals surface area contributed by atoms with Crippen LogP contribution in [0.1, 0.15) is 18.5 Å². The lowest BCUT2D eigenvalue weighted by Gasteiger charge is -2.11. The van der Waals surface area contributed by atoms with Crippen molar-refractivity contribution in [2.45, 2.75) is 19.4 Å². The van der Waals surface area contributed by atoms with Crippen molar-refractivity contribution in [1.29, 1.82) is 0 Å². The first-order valence-electron chi connectivity index (χ1n) is 11.9. The molecule has 5 rings (SSSR count). The molecular formula is C25H28ClN9O. The van der Waals surface area contributed by atoms with Gasteiger partial charge in [-0.15, -0.1) is 10.2 Å². The third-order valence-corrected chi connectivity index (χ3v) is 6.43. The van der Waals surface area contributed by atoms with Gasteiger partial charge in [-0.25, -0.2) is 0 Å². The monoisotopic (exact) mass is 505 g/mol. The molecule has 3 heterocycles. The summed E-state index contributed by atoms with van der Waals surface area (Å²) >= 11 is 6.11. The van der Waals surface area contributed by atoms with Crippen LogP contribution in [0.15, 0.2) is 55.2 Å². The number of halogens is 1. The third-order valence-electron chi connectivity index (χ3n) is 6.19. The number of nitrogens with one attached hydrogen (secondary N) is 4. The molecule has 4 N–H and O–H groups in total. The Kier molecular flexibility index (Phi) is 7.15. The Bertz CT molecular complexity index is 1470. The predicted octanol–water partition coefficient (Wildman–Crippen LogP) is 3.39. The van der Waals surface area contributed by atoms with Gasteiger partial charge in [-0.3, -0.25) is 14.5 Å². The number of hydrogen-bond donors (Lipinski definition) is 4. The molecule has 10 nitrogen and oxygen atoms in total. The molecule has 0 radical (unpaired) electrons. The molecule has 2 aromatic carbocycles. The second kappa shape index (κ2) is 10.8. The van der Waals surface area contributed by atoms with Gasteiger partial charge in [0, 0.05) is 67.0 Å². The van der Waals surface area contributed by atoms with Gasteiger partial charge in [0.05, 0.1) is 17.4 Å². The quantitative estimate of drug-likeness (QED) is 0.204. The van der Waals surface area contributed by atoms with Gasteiger partial charge >= 0.3 is 0 Å². The van der Waals surface area contributed by atoms with Crippen LogP contribution < -0.4 is 16.0 Å². The Morgan fingerprint density at radius 3 is 2.81 bits per heavy atom. The van der Waals surface area contributed by atoms with E-state index in [9.17, 15) is 4.79 Å². The van der Waals surface area contributed by atoms with Gasteiger partial charge in [0.1, 0.15) is 12.7 Å². The number of aromatic amines is 1. The smallest absolute Gasteiger partial charge is 0.221 e. The zero-order valence-electron chi connectivity index (χ0n) is 20.0. The van der Waals surface area contributed by atoms with E-state index in [2.05, 4.69) is 47.0 Å². The van der Waals surface area contributed by atoms with Gasteiger partial charge in [0.15, 0.2) is 0 Å². The number of aryl methyl sites for hydroxylation is 1. The summed E-state index contributed by atoms with van der Waals surface area (Å²) in [5.74, 6) is 0.0400. The Morgan fingerprint density at radius 1 is 1.08 bits per heavy atom. The summed E-state index contributed by atoms with van der Waals surface area (Å²) < 4.78 is 3.97. The Hall–Kier alpha value is -3.89. The van der Waals surface area contributed by atoms with Crippen LogP contribution in [0.4, 0.5) is 5.69 Å². The van der Waals surface area contributed by atoms with Crippen molar-refractivity contribution in [3.8, 4) is 5.69 Å². The number of carbonyl (C=O) groups excluding carboxylic acids is 1. The first-order chi connectivity index (χ1) is 17.6. The minimum Gasteiger partial charge on any atom is -0.384 e. The summed E-state index contributed by atoms with van der Waals surface area (Å²) in [6.45, 7) is 2.63. The van der Waals surface area contributed by atoms with Gasteiger partial charge in [0.25, 0.3) is 0 Å². The molecule has 0 saturated carbocycles. The van der Waals surface area contributed by atoms with Crippen molar-refractivity contribution in [2.24, 2.45) is 7.05 Å². The van der Waals surface area contributed by atoms with E-state index in [1.165, 1.54) is 0 Å². The van der Waals surface area contributed by atoms with E-state index in [1.807, 2.05) is 41.9 Å². The molecule has 11 heteroatoms. The standard InChI is InChI=1S/C25H28ClN9O/c1-34-20(9-17-3-4-18(26)10-24(17)34)13-27-8-5-25(36)29-7-2-6-28-22-11-19(35-15-31-32-16-35)12-23-21(22)14-30-33-23/h3-4,9-12,14-16,27-28H,2,5-8,13H2,1H3,(H,29,36)(H,30,33). The van der Waals surface area contributed by atoms with E-state index in [4.69, 9.17) is 11.6 Å². The predicted molar refractivity (Wildman–Crippen MR) is 141 cm³/mol. The lowest BCUT2D eigenvalue weighted by molar-refractivity contribution is -0.120. The average Bonchev–Trinajstić information content (AvgIpc) is 3.63. The zero-order chi connectivity index (χ0) is 24.9. The van der Waals surface area contributed by atoms with Gasteiger partial charge in [-0.2, -0.15) is 5.10 Å². The molecule has 0 unspecified atom stereocenters. The van der Waals surface area contributed by atoms with E-state index in [0.717, 1.165) is 56.9 Å². The van der Waals surface area contributed by atoms with Crippen molar-refractivity contribution in [2.75, 3.05) is 25.0 Å². The first-order valence-corrected chi connectivity index (χ1v) is 12.2. The molecule has 3 aromatic heterocycles. The summed E-state index contributed by atoms with van der Waals surface area (Å²) in [7, 11) is 2.03. The van der Waals surface area contributed by atoms with E-state index in [1.54, 1.807) is 18.9 Å². The molecule has 0 aliphatic rings. The van der Waals surface area contributed by atoms with Gasteiger partial charge < -0.3 is 20.5 Å². The van der Waals surface area contributed by atoms with Crippen molar-refractivity contribution in [3.05, 3.63) is 66.0 Å². The number of amides is 1. The van der Waals surface area contributed by atoms with Crippen LogP contribution in [0.5, 0.6) is 0 Å². The molecule has 0 fully saturated rings. The molecule has 0 spiro atoms. The fraction of sp³-hybridized carbons (Fsp3) is 0.280. The SMILES string of the molecule is Cn1c(CNCCC(=O)NCCCNc2cc(-n3cnnc3)cc3[nH]ncc23)cc2ccc(Cl)cc21. The highest BCUT2D eigenvalue weighted by Crippen LogP contribution is 2.26. The lowest BCUT2D eigenvalue weighted by Crippen LogP contribution is -2.29. The molecule has 0 aliphatic heterocycles. The minimum atomic E-state index is 0.0400. The maximum absolute atomic E-state index is 12.2. The van der Waals surface area contributed by atoms with Crippen LogP contribution in [0.25, 0.3) is 27.5 Å². The number of H-pyrrole nitrogens is 1. The highest BCUT2D eigenvalue weighted by Gasteiger charge is 2.09. The molecule has 5 aromatic rings. The average molecular weight is 506 g/mol. The van der Waals surface area contributed by atoms with Crippen LogP contribution >= 0.6 is 11.6 Å². The van der Waals surface area contributed by atoms with E-state index in [0.29, 0.717) is 26.1 Å². The summed E-state index contributed by atoms with van der Waals surface area (Å²) in [4.78, 5) is 12.2. The van der Waals surface area contributed by atoms with Crippen molar-refractivity contribution in [3.63, 3.8) is 0 Å². The van der Waals surface area contributed by atoms with Crippen LogP contribution in [-0.4, -0.2) is 55.1 Å². The lowest BCUT2D eigenvalue weighted by atomic mass is 10.2. The molecule has 1 amide bonds. The van der Waals surface area contributed by atoms with Gasteiger partial charge in [-0.1, -0.05) is 17.7 Å². The highest BCUT2D eigenvalue weighted by molar-refractivity contribution is 6.31. The number of carbonyl (C=O) groups is 1. The summed E-state index contributed by atoms with van der Waals surface area (Å²) in [6, 6.07) is 12.1. The van der Waals surface area contributed by atoms with Crippen molar-refractivity contribution >= 4 is 45.0 Å². The second-order valence-corrected chi connectivity index (χ2v) is 9.09. The topological polar surface area (TPSA) is 117 Å². The zero-order valence-corrected chi connectivity index (χ0v) is 20.7. The van der Waals surface area contributed by atoms with Crippen LogP contribution in [0, 0.1) is 0 Å². The maximum Gasteiger partial charge on any atom is 0.221 e. The van der Waals surface area contributed by atoms with E-state index in [-0.39, 0.29) is 5.91 Å². The number of fused-ring (bicyclic) bond motifs is 2. The fourth-order valence-corrected chi connectivity index (χ4v) is 4.41. The summed E-state index contributed by atoms with van der Waals surface area (Å²) in [5.41, 5.74) is 5.09. The summed E-state index contributed by atoms with van der Waals surface area (Å²) in [6.07, 6.45) is 6.34. The maximum atomic E-state index is 12.2. The fourth-order valence-electron chi connectivity index (χ4n) is 4.24. The van der Waals surface area contributed by atoms with Crippen LogP contribution in [0.3, 0.4) is 0 Å². The van der Waals surface area contributed by atoms with Crippen molar-refractivity contribution < 1.29 is 4.79 Å². The molecule has 0 saturated heterocycles. The molecule has 0 aliphatic carbocycles. The third kappa shape index (κ3) is 5.34. The van der Waals surface area contributed by atoms with E-state index < -0.39 is 0 Å². The normalized spacial score (nSPS) is 11.4. The number of rotatable bonds is 11. The molecule has 36 heavy (non-hydrogen) atoms. The molecule has 0 atom stereocenters.